The van der Waals surface area contributed by atoms with E-state index in [-0.39, 0.29) is 11.8 Å². The molecule has 0 aromatic heterocycles. The first-order chi connectivity index (χ1) is 9.02. The summed E-state index contributed by atoms with van der Waals surface area (Å²) in [6, 6.07) is 5.90. The van der Waals surface area contributed by atoms with Gasteiger partial charge in [0.1, 0.15) is 0 Å². The topological polar surface area (TPSA) is 57.6 Å². The molecule has 4 heteroatoms. The number of amides is 1. The van der Waals surface area contributed by atoms with E-state index < -0.39 is 5.97 Å². The predicted molar refractivity (Wildman–Crippen MR) is 73.3 cm³/mol. The molecule has 1 aromatic carbocycles. The van der Waals surface area contributed by atoms with E-state index in [9.17, 15) is 9.59 Å². The summed E-state index contributed by atoms with van der Waals surface area (Å²) in [5, 5.41) is 9.10. The highest BCUT2D eigenvalue weighted by atomic mass is 16.4. The minimum absolute atomic E-state index is 0.136. The molecular formula is C15H19NO3. The summed E-state index contributed by atoms with van der Waals surface area (Å²) in [7, 11) is 1.78. The Balaban J connectivity index is 2.22. The number of aliphatic carboxylic acids is 1. The molecule has 1 heterocycles. The van der Waals surface area contributed by atoms with Gasteiger partial charge in [0.15, 0.2) is 0 Å². The fraction of sp³-hybridized carbons (Fsp3) is 0.467. The highest BCUT2D eigenvalue weighted by molar-refractivity contribution is 5.95. The first-order valence-electron chi connectivity index (χ1n) is 6.64. The second kappa shape index (κ2) is 5.43. The fourth-order valence-corrected chi connectivity index (χ4v) is 2.53. The van der Waals surface area contributed by atoms with E-state index in [0.717, 1.165) is 23.2 Å². The lowest BCUT2D eigenvalue weighted by Crippen LogP contribution is -2.31. The van der Waals surface area contributed by atoms with Crippen LogP contribution in [0.15, 0.2) is 18.2 Å². The molecular weight excluding hydrogens is 242 g/mol. The number of aryl methyl sites for hydroxylation is 1. The van der Waals surface area contributed by atoms with Gasteiger partial charge in [-0.05, 0) is 36.5 Å². The van der Waals surface area contributed by atoms with Gasteiger partial charge in [-0.1, -0.05) is 19.1 Å². The van der Waals surface area contributed by atoms with E-state index in [2.05, 4.69) is 0 Å². The summed E-state index contributed by atoms with van der Waals surface area (Å²) >= 11 is 0. The van der Waals surface area contributed by atoms with E-state index in [1.807, 2.05) is 25.1 Å². The number of carboxylic acids is 1. The fourth-order valence-electron chi connectivity index (χ4n) is 2.53. The molecule has 19 heavy (non-hydrogen) atoms. The summed E-state index contributed by atoms with van der Waals surface area (Å²) in [6.45, 7) is 1.89. The smallest absolute Gasteiger partial charge is 0.306 e. The number of nitrogens with zero attached hydrogens (tertiary/aromatic N) is 1. The standard InChI is InChI=1S/C15H19NO3/c1-3-11(15(18)19)8-10-4-6-13-12(9-10)5-7-14(17)16(13)2/h4,6,9,11H,3,5,7-8H2,1-2H3,(H,18,19). The molecule has 0 radical (unpaired) electrons. The number of carbonyl (C=O) groups excluding carboxylic acids is 1. The maximum absolute atomic E-state index is 11.6. The number of carbonyl (C=O) groups is 2. The number of fused-ring (bicyclic) bond motifs is 1. The molecule has 1 aliphatic heterocycles. The summed E-state index contributed by atoms with van der Waals surface area (Å²) in [5.41, 5.74) is 3.12. The normalized spacial score (nSPS) is 16.1. The molecule has 0 saturated carbocycles. The Bertz CT molecular complexity index is 510. The Morgan fingerprint density at radius 1 is 1.42 bits per heavy atom. The number of rotatable bonds is 4. The minimum atomic E-state index is -0.743. The van der Waals surface area contributed by atoms with Gasteiger partial charge in [0, 0.05) is 19.2 Å². The Hall–Kier alpha value is -1.84. The van der Waals surface area contributed by atoms with E-state index in [4.69, 9.17) is 5.11 Å². The third kappa shape index (κ3) is 2.78. The van der Waals surface area contributed by atoms with Crippen LogP contribution < -0.4 is 4.90 Å². The van der Waals surface area contributed by atoms with Crippen molar-refractivity contribution in [3.63, 3.8) is 0 Å². The summed E-state index contributed by atoms with van der Waals surface area (Å²) in [5.74, 6) is -0.939. The summed E-state index contributed by atoms with van der Waals surface area (Å²) < 4.78 is 0. The van der Waals surface area contributed by atoms with Crippen molar-refractivity contribution >= 4 is 17.6 Å². The van der Waals surface area contributed by atoms with E-state index in [1.54, 1.807) is 11.9 Å². The second-order valence-electron chi connectivity index (χ2n) is 5.06. The Labute approximate surface area is 113 Å². The SMILES string of the molecule is CCC(Cc1ccc2c(c1)CCC(=O)N2C)C(=O)O. The average Bonchev–Trinajstić information content (AvgIpc) is 2.40. The number of anilines is 1. The van der Waals surface area contributed by atoms with Crippen molar-refractivity contribution in [1.82, 2.24) is 0 Å². The minimum Gasteiger partial charge on any atom is -0.481 e. The van der Waals surface area contributed by atoms with Crippen molar-refractivity contribution in [2.24, 2.45) is 5.92 Å². The van der Waals surface area contributed by atoms with Crippen LogP contribution in [0.4, 0.5) is 5.69 Å². The van der Waals surface area contributed by atoms with E-state index in [1.165, 1.54) is 0 Å². The zero-order valence-electron chi connectivity index (χ0n) is 11.3. The lowest BCUT2D eigenvalue weighted by molar-refractivity contribution is -0.141. The third-order valence-corrected chi connectivity index (χ3v) is 3.81. The molecule has 0 saturated heterocycles. The van der Waals surface area contributed by atoms with Gasteiger partial charge < -0.3 is 10.0 Å². The molecule has 2 rings (SSSR count). The first-order valence-corrected chi connectivity index (χ1v) is 6.64. The highest BCUT2D eigenvalue weighted by Gasteiger charge is 2.22. The molecule has 1 amide bonds. The third-order valence-electron chi connectivity index (χ3n) is 3.81. The number of hydrogen-bond donors (Lipinski definition) is 1. The maximum Gasteiger partial charge on any atom is 0.306 e. The number of carboxylic acid groups (broad SMARTS) is 1. The van der Waals surface area contributed by atoms with E-state index in [0.29, 0.717) is 19.3 Å². The molecule has 102 valence electrons. The zero-order chi connectivity index (χ0) is 14.0. The Morgan fingerprint density at radius 2 is 2.16 bits per heavy atom. The largest absolute Gasteiger partial charge is 0.481 e. The van der Waals surface area contributed by atoms with Crippen molar-refractivity contribution in [1.29, 1.82) is 0 Å². The summed E-state index contributed by atoms with van der Waals surface area (Å²) in [4.78, 5) is 24.3. The lowest BCUT2D eigenvalue weighted by atomic mass is 9.93. The van der Waals surface area contributed by atoms with Crippen LogP contribution >= 0.6 is 0 Å². The van der Waals surface area contributed by atoms with Gasteiger partial charge in [0.25, 0.3) is 0 Å². The van der Waals surface area contributed by atoms with Crippen molar-refractivity contribution in [2.45, 2.75) is 32.6 Å². The average molecular weight is 261 g/mol. The molecule has 4 nitrogen and oxygen atoms in total. The van der Waals surface area contributed by atoms with Gasteiger partial charge >= 0.3 is 5.97 Å². The number of hydrogen-bond acceptors (Lipinski definition) is 2. The van der Waals surface area contributed by atoms with E-state index >= 15 is 0 Å². The van der Waals surface area contributed by atoms with Gasteiger partial charge in [-0.25, -0.2) is 0 Å². The second-order valence-corrected chi connectivity index (χ2v) is 5.06. The van der Waals surface area contributed by atoms with Crippen LogP contribution in [0.3, 0.4) is 0 Å². The maximum atomic E-state index is 11.6. The quantitative estimate of drug-likeness (QED) is 0.904. The van der Waals surface area contributed by atoms with Crippen molar-refractivity contribution in [3.8, 4) is 0 Å². The lowest BCUT2D eigenvalue weighted by Gasteiger charge is -2.26. The zero-order valence-corrected chi connectivity index (χ0v) is 11.3. The molecule has 0 fully saturated rings. The number of benzene rings is 1. The summed E-state index contributed by atoms with van der Waals surface area (Å²) in [6.07, 6.45) is 2.46. The molecule has 1 atom stereocenters. The van der Waals surface area contributed by atoms with Crippen LogP contribution in [0.5, 0.6) is 0 Å². The Kier molecular flexibility index (Phi) is 3.88. The predicted octanol–water partition coefficient (Wildman–Crippen LogP) is 2.25. The molecule has 1 aromatic rings. The van der Waals surface area contributed by atoms with Gasteiger partial charge in [-0.2, -0.15) is 0 Å². The van der Waals surface area contributed by atoms with Gasteiger partial charge in [0.05, 0.1) is 5.92 Å². The van der Waals surface area contributed by atoms with Crippen LogP contribution in [0.2, 0.25) is 0 Å². The van der Waals surface area contributed by atoms with Gasteiger partial charge in [0.2, 0.25) is 5.91 Å². The molecule has 0 spiro atoms. The molecule has 1 unspecified atom stereocenters. The van der Waals surface area contributed by atoms with Crippen molar-refractivity contribution < 1.29 is 14.7 Å². The Morgan fingerprint density at radius 3 is 2.79 bits per heavy atom. The van der Waals surface area contributed by atoms with Crippen LogP contribution in [0.25, 0.3) is 0 Å². The van der Waals surface area contributed by atoms with Crippen molar-refractivity contribution in [3.05, 3.63) is 29.3 Å². The molecule has 1 aliphatic rings. The molecule has 1 N–H and O–H groups in total. The van der Waals surface area contributed by atoms with Crippen molar-refractivity contribution in [2.75, 3.05) is 11.9 Å². The van der Waals surface area contributed by atoms with Gasteiger partial charge in [-0.15, -0.1) is 0 Å². The van der Waals surface area contributed by atoms with Crippen LogP contribution in [0, 0.1) is 5.92 Å². The molecule has 0 aliphatic carbocycles. The highest BCUT2D eigenvalue weighted by Crippen LogP contribution is 2.28. The van der Waals surface area contributed by atoms with Crippen LogP contribution in [-0.2, 0) is 22.4 Å². The van der Waals surface area contributed by atoms with Gasteiger partial charge in [-0.3, -0.25) is 9.59 Å². The monoisotopic (exact) mass is 261 g/mol. The van der Waals surface area contributed by atoms with Crippen LogP contribution in [0.1, 0.15) is 30.9 Å². The van der Waals surface area contributed by atoms with Crippen LogP contribution in [-0.4, -0.2) is 24.0 Å². The first kappa shape index (κ1) is 13.6. The molecule has 0 bridgehead atoms.